The molecule has 25 heavy (non-hydrogen) atoms. The van der Waals surface area contributed by atoms with E-state index in [1.165, 1.54) is 63.5 Å². The number of nitrogens with zero attached hydrogens (tertiary/aromatic N) is 1. The molecule has 4 heteroatoms. The first-order valence-electron chi connectivity index (χ1n) is 9.65. The second kappa shape index (κ2) is 20.0. The molecule has 0 aliphatic carbocycles. The number of rotatable bonds is 11. The fourth-order valence-corrected chi connectivity index (χ4v) is 2.83. The van der Waals surface area contributed by atoms with Crippen molar-refractivity contribution in [3.05, 3.63) is 35.9 Å². The SMILES string of the molecule is CCCCCCCCCC[N+](C)(C)Cc1ccccc1.C[NH2+]C.[Cl-].[Cl-]. The number of quaternary nitrogens is 2. The zero-order chi connectivity index (χ0) is 17.4. The maximum Gasteiger partial charge on any atom is 0.104 e. The van der Waals surface area contributed by atoms with E-state index in [1.807, 2.05) is 19.4 Å². The Kier molecular flexibility index (Phi) is 23.6. The normalized spacial score (nSPS) is 10.1. The zero-order valence-electron chi connectivity index (χ0n) is 17.2. The van der Waals surface area contributed by atoms with Crippen LogP contribution >= 0.6 is 0 Å². The van der Waals surface area contributed by atoms with E-state index in [-0.39, 0.29) is 24.8 Å². The topological polar surface area (TPSA) is 16.6 Å². The molecule has 2 nitrogen and oxygen atoms in total. The minimum atomic E-state index is 0. The Labute approximate surface area is 170 Å². The first-order chi connectivity index (χ1) is 11.1. The maximum absolute atomic E-state index is 2.36. The van der Waals surface area contributed by atoms with Gasteiger partial charge in [0.15, 0.2) is 0 Å². The lowest BCUT2D eigenvalue weighted by molar-refractivity contribution is -0.903. The van der Waals surface area contributed by atoms with Gasteiger partial charge in [-0.1, -0.05) is 75.8 Å². The fraction of sp³-hybridized carbons (Fsp3) is 0.714. The van der Waals surface area contributed by atoms with Crippen molar-refractivity contribution in [2.75, 3.05) is 34.7 Å². The van der Waals surface area contributed by atoms with E-state index in [4.69, 9.17) is 0 Å². The van der Waals surface area contributed by atoms with Gasteiger partial charge >= 0.3 is 0 Å². The van der Waals surface area contributed by atoms with Crippen LogP contribution in [0.4, 0.5) is 0 Å². The summed E-state index contributed by atoms with van der Waals surface area (Å²) in [5.74, 6) is 0. The summed E-state index contributed by atoms with van der Waals surface area (Å²) in [4.78, 5) is 0. The molecule has 0 bridgehead atoms. The predicted octanol–water partition coefficient (Wildman–Crippen LogP) is -1.78. The van der Waals surface area contributed by atoms with Crippen molar-refractivity contribution in [1.29, 1.82) is 0 Å². The van der Waals surface area contributed by atoms with Crippen LogP contribution in [0, 0.1) is 0 Å². The summed E-state index contributed by atoms with van der Waals surface area (Å²) in [6, 6.07) is 10.9. The lowest BCUT2D eigenvalue weighted by atomic mass is 10.1. The third-order valence-corrected chi connectivity index (χ3v) is 4.07. The summed E-state index contributed by atoms with van der Waals surface area (Å²) in [5.41, 5.74) is 1.46. The lowest BCUT2D eigenvalue weighted by Crippen LogP contribution is -3.00. The molecule has 0 saturated heterocycles. The van der Waals surface area contributed by atoms with Gasteiger partial charge in [0, 0.05) is 5.56 Å². The Morgan fingerprint density at radius 2 is 1.20 bits per heavy atom. The van der Waals surface area contributed by atoms with E-state index in [2.05, 4.69) is 51.4 Å². The Morgan fingerprint density at radius 1 is 0.760 bits per heavy atom. The van der Waals surface area contributed by atoms with Crippen molar-refractivity contribution >= 4 is 0 Å². The molecule has 0 amide bonds. The van der Waals surface area contributed by atoms with Crippen LogP contribution in [0.1, 0.15) is 63.9 Å². The minimum Gasteiger partial charge on any atom is -1.00 e. The molecule has 0 fully saturated rings. The Balaban J connectivity index is -0.000000900. The van der Waals surface area contributed by atoms with E-state index in [0.717, 1.165) is 11.0 Å². The van der Waals surface area contributed by atoms with E-state index >= 15 is 0 Å². The molecule has 2 N–H and O–H groups in total. The van der Waals surface area contributed by atoms with E-state index in [1.54, 1.807) is 0 Å². The Bertz CT molecular complexity index is 356. The molecule has 0 aliphatic heterocycles. The number of halogens is 2. The maximum atomic E-state index is 2.36. The number of nitrogens with two attached hydrogens (primary N) is 1. The standard InChI is InChI=1S/C19H34N.C2H7N.2ClH/c1-4-5-6-7-8-9-10-14-17-20(2,3)18-19-15-12-11-13-16-19;1-3-2;;/h11-13,15-16H,4-10,14,17-18H2,1-3H3;3H,1-2H3;2*1H/q+1;;;/p-1. The van der Waals surface area contributed by atoms with Gasteiger partial charge in [-0.15, -0.1) is 0 Å². The minimum absolute atomic E-state index is 0. The monoisotopic (exact) mass is 392 g/mol. The van der Waals surface area contributed by atoms with Gasteiger partial charge in [-0.2, -0.15) is 0 Å². The highest BCUT2D eigenvalue weighted by Gasteiger charge is 2.14. The van der Waals surface area contributed by atoms with Crippen LogP contribution in [0.15, 0.2) is 30.3 Å². The largest absolute Gasteiger partial charge is 1.00 e. The van der Waals surface area contributed by atoms with Gasteiger partial charge in [0.1, 0.15) is 6.54 Å². The number of hydrogen-bond acceptors (Lipinski definition) is 0. The summed E-state index contributed by atoms with van der Waals surface area (Å²) in [6.45, 7) is 4.73. The molecule has 0 atom stereocenters. The molecule has 0 heterocycles. The average molecular weight is 393 g/mol. The van der Waals surface area contributed by atoms with Gasteiger partial charge in [-0.3, -0.25) is 0 Å². The highest BCUT2D eigenvalue weighted by Crippen LogP contribution is 2.13. The summed E-state index contributed by atoms with van der Waals surface area (Å²) in [5, 5.41) is 2.00. The molecule has 1 rings (SSSR count). The van der Waals surface area contributed by atoms with Crippen LogP contribution in [0.3, 0.4) is 0 Å². The third kappa shape index (κ3) is 19.9. The number of unbranched alkanes of at least 4 members (excludes halogenated alkanes) is 7. The Hall–Kier alpha value is -0.280. The van der Waals surface area contributed by atoms with Crippen LogP contribution < -0.4 is 30.1 Å². The molecule has 0 saturated carbocycles. The molecular formula is C21H42Cl2N2. The molecular weight excluding hydrogens is 351 g/mol. The lowest BCUT2D eigenvalue weighted by Gasteiger charge is -2.30. The Morgan fingerprint density at radius 3 is 1.68 bits per heavy atom. The van der Waals surface area contributed by atoms with E-state index in [9.17, 15) is 0 Å². The van der Waals surface area contributed by atoms with Crippen molar-refractivity contribution in [2.24, 2.45) is 0 Å². The van der Waals surface area contributed by atoms with Crippen LogP contribution in [0.5, 0.6) is 0 Å². The average Bonchev–Trinajstić information content (AvgIpc) is 2.51. The third-order valence-electron chi connectivity index (χ3n) is 4.07. The van der Waals surface area contributed by atoms with Crippen LogP contribution in [0.2, 0.25) is 0 Å². The van der Waals surface area contributed by atoms with Gasteiger partial charge < -0.3 is 34.6 Å². The van der Waals surface area contributed by atoms with Crippen LogP contribution in [-0.4, -0.2) is 39.2 Å². The van der Waals surface area contributed by atoms with Gasteiger partial charge in [-0.25, -0.2) is 0 Å². The van der Waals surface area contributed by atoms with Gasteiger partial charge in [0.2, 0.25) is 0 Å². The molecule has 0 radical (unpaired) electrons. The summed E-state index contributed by atoms with van der Waals surface area (Å²) < 4.78 is 1.11. The summed E-state index contributed by atoms with van der Waals surface area (Å²) >= 11 is 0. The van der Waals surface area contributed by atoms with Crippen LogP contribution in [-0.2, 0) is 6.54 Å². The number of hydrogen-bond donors (Lipinski definition) is 1. The summed E-state index contributed by atoms with van der Waals surface area (Å²) in [6.07, 6.45) is 11.3. The smallest absolute Gasteiger partial charge is 0.104 e. The summed E-state index contributed by atoms with van der Waals surface area (Å²) in [7, 11) is 8.71. The van der Waals surface area contributed by atoms with Crippen LogP contribution in [0.25, 0.3) is 0 Å². The molecule has 1 aromatic rings. The molecule has 0 aromatic heterocycles. The first kappa shape index (κ1) is 29.5. The van der Waals surface area contributed by atoms with Crippen molar-refractivity contribution in [3.63, 3.8) is 0 Å². The molecule has 1 aromatic carbocycles. The van der Waals surface area contributed by atoms with Crippen molar-refractivity contribution in [2.45, 2.75) is 64.8 Å². The fourth-order valence-electron chi connectivity index (χ4n) is 2.83. The van der Waals surface area contributed by atoms with Crippen molar-refractivity contribution in [3.8, 4) is 0 Å². The van der Waals surface area contributed by atoms with Crippen molar-refractivity contribution < 1.29 is 34.6 Å². The highest BCUT2D eigenvalue weighted by atomic mass is 35.5. The van der Waals surface area contributed by atoms with Gasteiger partial charge in [0.05, 0.1) is 34.7 Å². The first-order valence-corrected chi connectivity index (χ1v) is 9.65. The predicted molar refractivity (Wildman–Crippen MR) is 104 cm³/mol. The second-order valence-electron chi connectivity index (χ2n) is 7.36. The quantitative estimate of drug-likeness (QED) is 0.338. The molecule has 0 aliphatic rings. The molecule has 0 spiro atoms. The number of benzene rings is 1. The van der Waals surface area contributed by atoms with Gasteiger partial charge in [0.25, 0.3) is 0 Å². The van der Waals surface area contributed by atoms with E-state index < -0.39 is 0 Å². The van der Waals surface area contributed by atoms with Crippen molar-refractivity contribution in [1.82, 2.24) is 0 Å². The molecule has 0 unspecified atom stereocenters. The molecule has 150 valence electrons. The van der Waals surface area contributed by atoms with E-state index in [0.29, 0.717) is 0 Å². The second-order valence-corrected chi connectivity index (χ2v) is 7.36. The highest BCUT2D eigenvalue weighted by molar-refractivity contribution is 5.13. The zero-order valence-corrected chi connectivity index (χ0v) is 18.8. The van der Waals surface area contributed by atoms with Gasteiger partial charge in [-0.05, 0) is 12.8 Å².